The van der Waals surface area contributed by atoms with Crippen molar-refractivity contribution in [2.24, 2.45) is 0 Å². The number of aryl methyl sites for hydroxylation is 1. The lowest BCUT2D eigenvalue weighted by Gasteiger charge is -2.23. The summed E-state index contributed by atoms with van der Waals surface area (Å²) in [5.74, 6) is -0.218. The van der Waals surface area contributed by atoms with Gasteiger partial charge in [0.05, 0.1) is 10.6 Å². The van der Waals surface area contributed by atoms with Crippen LogP contribution in [0.1, 0.15) is 36.7 Å². The normalized spacial score (nSPS) is 11.4. The summed E-state index contributed by atoms with van der Waals surface area (Å²) in [6.45, 7) is 7.78. The number of hydrogen-bond acceptors (Lipinski definition) is 3. The summed E-state index contributed by atoms with van der Waals surface area (Å²) in [4.78, 5) is 12.2. The van der Waals surface area contributed by atoms with Crippen LogP contribution in [0.5, 0.6) is 0 Å². The number of benzene rings is 2. The van der Waals surface area contributed by atoms with E-state index in [1.807, 2.05) is 39.0 Å². The molecule has 134 valence electrons. The fourth-order valence-electron chi connectivity index (χ4n) is 2.53. The summed E-state index contributed by atoms with van der Waals surface area (Å²) in [7, 11) is -3.68. The average Bonchev–Trinajstić information content (AvgIpc) is 2.55. The summed E-state index contributed by atoms with van der Waals surface area (Å²) < 4.78 is 27.3. The summed E-state index contributed by atoms with van der Waals surface area (Å²) in [6, 6.07) is 13.4. The van der Waals surface area contributed by atoms with E-state index in [-0.39, 0.29) is 16.8 Å². The summed E-state index contributed by atoms with van der Waals surface area (Å²) >= 11 is 0. The number of anilines is 1. The molecule has 2 rings (SSSR count). The highest BCUT2D eigenvalue weighted by molar-refractivity contribution is 7.92. The van der Waals surface area contributed by atoms with Crippen LogP contribution in [-0.2, 0) is 10.0 Å². The Bertz CT molecular complexity index is 843. The number of carbonyl (C=O) groups excluding carboxylic acids is 1. The zero-order valence-corrected chi connectivity index (χ0v) is 15.8. The molecule has 0 fully saturated rings. The number of nitrogens with one attached hydrogen (secondary N) is 1. The molecule has 0 unspecified atom stereocenters. The van der Waals surface area contributed by atoms with E-state index >= 15 is 0 Å². The zero-order chi connectivity index (χ0) is 18.6. The Kier molecular flexibility index (Phi) is 5.85. The van der Waals surface area contributed by atoms with Gasteiger partial charge in [-0.15, -0.1) is 0 Å². The van der Waals surface area contributed by atoms with E-state index in [2.05, 4.69) is 5.32 Å². The monoisotopic (exact) mass is 360 g/mol. The van der Waals surface area contributed by atoms with Crippen molar-refractivity contribution in [1.82, 2.24) is 5.32 Å². The predicted octanol–water partition coefficient (Wildman–Crippen LogP) is 3.35. The van der Waals surface area contributed by atoms with E-state index in [1.165, 1.54) is 28.6 Å². The third-order valence-electron chi connectivity index (χ3n) is 3.70. The summed E-state index contributed by atoms with van der Waals surface area (Å²) in [5, 5.41) is 2.78. The molecule has 0 radical (unpaired) electrons. The molecular weight excluding hydrogens is 336 g/mol. The highest BCUT2D eigenvalue weighted by Gasteiger charge is 2.24. The fourth-order valence-corrected chi connectivity index (χ4v) is 3.99. The Balaban J connectivity index is 2.33. The lowest BCUT2D eigenvalue weighted by molar-refractivity contribution is 0.0943. The van der Waals surface area contributed by atoms with Crippen molar-refractivity contribution < 1.29 is 13.2 Å². The molecule has 25 heavy (non-hydrogen) atoms. The Labute approximate surface area is 149 Å². The maximum atomic E-state index is 13.0. The third kappa shape index (κ3) is 4.39. The fraction of sp³-hybridized carbons (Fsp3) is 0.316. The standard InChI is InChI=1S/C19H24N2O3S/c1-5-21(17-8-6-7-15(4)13-17)25(23,24)18-11-9-16(10-12-18)19(22)20-14(2)3/h6-14H,5H2,1-4H3,(H,20,22). The molecular formula is C19H24N2O3S. The second-order valence-electron chi connectivity index (χ2n) is 6.16. The van der Waals surface area contributed by atoms with E-state index in [0.29, 0.717) is 17.8 Å². The van der Waals surface area contributed by atoms with Crippen LogP contribution in [0.25, 0.3) is 0 Å². The minimum absolute atomic E-state index is 0.0211. The molecule has 0 heterocycles. The molecule has 0 bridgehead atoms. The minimum Gasteiger partial charge on any atom is -0.350 e. The highest BCUT2D eigenvalue weighted by atomic mass is 32.2. The van der Waals surface area contributed by atoms with Gasteiger partial charge in [-0.25, -0.2) is 8.42 Å². The van der Waals surface area contributed by atoms with Crippen molar-refractivity contribution in [2.75, 3.05) is 10.8 Å². The number of rotatable bonds is 6. The highest BCUT2D eigenvalue weighted by Crippen LogP contribution is 2.24. The molecule has 0 saturated carbocycles. The number of amides is 1. The molecule has 5 nitrogen and oxygen atoms in total. The van der Waals surface area contributed by atoms with Crippen LogP contribution in [0.15, 0.2) is 53.4 Å². The maximum Gasteiger partial charge on any atom is 0.264 e. The molecule has 0 spiro atoms. The molecule has 6 heteroatoms. The van der Waals surface area contributed by atoms with Crippen LogP contribution in [0, 0.1) is 6.92 Å². The van der Waals surface area contributed by atoms with Gasteiger partial charge in [-0.05, 0) is 69.7 Å². The summed E-state index contributed by atoms with van der Waals surface area (Å²) in [6.07, 6.45) is 0. The molecule has 2 aromatic rings. The van der Waals surface area contributed by atoms with Crippen molar-refractivity contribution >= 4 is 21.6 Å². The number of carbonyl (C=O) groups is 1. The molecule has 0 saturated heterocycles. The van der Waals surface area contributed by atoms with Crippen molar-refractivity contribution in [1.29, 1.82) is 0 Å². The predicted molar refractivity (Wildman–Crippen MR) is 100 cm³/mol. The third-order valence-corrected chi connectivity index (χ3v) is 5.62. The van der Waals surface area contributed by atoms with Crippen LogP contribution < -0.4 is 9.62 Å². The summed E-state index contributed by atoms with van der Waals surface area (Å²) in [5.41, 5.74) is 2.06. The molecule has 1 amide bonds. The first-order chi connectivity index (χ1) is 11.8. The molecule has 0 aliphatic carbocycles. The first-order valence-corrected chi connectivity index (χ1v) is 9.70. The van der Waals surface area contributed by atoms with E-state index in [9.17, 15) is 13.2 Å². The maximum absolute atomic E-state index is 13.0. The van der Waals surface area contributed by atoms with Crippen LogP contribution >= 0.6 is 0 Å². The van der Waals surface area contributed by atoms with Crippen LogP contribution in [0.3, 0.4) is 0 Å². The van der Waals surface area contributed by atoms with Crippen molar-refractivity contribution in [3.8, 4) is 0 Å². The van der Waals surface area contributed by atoms with E-state index in [4.69, 9.17) is 0 Å². The number of nitrogens with zero attached hydrogens (tertiary/aromatic N) is 1. The second-order valence-corrected chi connectivity index (χ2v) is 8.02. The van der Waals surface area contributed by atoms with Crippen molar-refractivity contribution in [3.63, 3.8) is 0 Å². The second kappa shape index (κ2) is 7.70. The van der Waals surface area contributed by atoms with Gasteiger partial charge < -0.3 is 5.32 Å². The Morgan fingerprint density at radius 1 is 1.12 bits per heavy atom. The van der Waals surface area contributed by atoms with E-state index < -0.39 is 10.0 Å². The van der Waals surface area contributed by atoms with Gasteiger partial charge in [-0.2, -0.15) is 0 Å². The van der Waals surface area contributed by atoms with Gasteiger partial charge in [0.2, 0.25) is 0 Å². The van der Waals surface area contributed by atoms with Gasteiger partial charge >= 0.3 is 0 Å². The topological polar surface area (TPSA) is 66.5 Å². The van der Waals surface area contributed by atoms with Gasteiger partial charge in [0.15, 0.2) is 0 Å². The van der Waals surface area contributed by atoms with E-state index in [1.54, 1.807) is 13.0 Å². The van der Waals surface area contributed by atoms with Gasteiger partial charge in [-0.3, -0.25) is 9.10 Å². The SMILES string of the molecule is CCN(c1cccc(C)c1)S(=O)(=O)c1ccc(C(=O)NC(C)C)cc1. The lowest BCUT2D eigenvalue weighted by Crippen LogP contribution is -2.31. The minimum atomic E-state index is -3.68. The molecule has 0 aliphatic rings. The first kappa shape index (κ1) is 19.0. The van der Waals surface area contributed by atoms with Gasteiger partial charge in [0.25, 0.3) is 15.9 Å². The van der Waals surface area contributed by atoms with Gasteiger partial charge in [0.1, 0.15) is 0 Å². The number of sulfonamides is 1. The van der Waals surface area contributed by atoms with Gasteiger partial charge in [0, 0.05) is 18.2 Å². The molecule has 2 aromatic carbocycles. The zero-order valence-electron chi connectivity index (χ0n) is 15.0. The average molecular weight is 360 g/mol. The Morgan fingerprint density at radius 2 is 1.76 bits per heavy atom. The molecule has 0 atom stereocenters. The molecule has 0 aromatic heterocycles. The van der Waals surface area contributed by atoms with Crippen LogP contribution in [0.4, 0.5) is 5.69 Å². The van der Waals surface area contributed by atoms with Crippen LogP contribution in [0.2, 0.25) is 0 Å². The van der Waals surface area contributed by atoms with Gasteiger partial charge in [-0.1, -0.05) is 12.1 Å². The Morgan fingerprint density at radius 3 is 2.28 bits per heavy atom. The van der Waals surface area contributed by atoms with Crippen molar-refractivity contribution in [2.45, 2.75) is 38.6 Å². The molecule has 1 N–H and O–H groups in total. The molecule has 0 aliphatic heterocycles. The van der Waals surface area contributed by atoms with Crippen LogP contribution in [-0.4, -0.2) is 26.9 Å². The smallest absolute Gasteiger partial charge is 0.264 e. The first-order valence-electron chi connectivity index (χ1n) is 8.26. The largest absolute Gasteiger partial charge is 0.350 e. The van der Waals surface area contributed by atoms with Crippen molar-refractivity contribution in [3.05, 3.63) is 59.7 Å². The van der Waals surface area contributed by atoms with E-state index in [0.717, 1.165) is 5.56 Å². The lowest BCUT2D eigenvalue weighted by atomic mass is 10.2. The number of hydrogen-bond donors (Lipinski definition) is 1. The Hall–Kier alpha value is -2.34. The quantitative estimate of drug-likeness (QED) is 0.859.